The van der Waals surface area contributed by atoms with Crippen LogP contribution in [0.15, 0.2) is 42.5 Å². The highest BCUT2D eigenvalue weighted by Crippen LogP contribution is 2.27. The van der Waals surface area contributed by atoms with Gasteiger partial charge in [-0.2, -0.15) is 0 Å². The third-order valence-corrected chi connectivity index (χ3v) is 6.70. The van der Waals surface area contributed by atoms with Gasteiger partial charge in [-0.1, -0.05) is 18.6 Å². The van der Waals surface area contributed by atoms with E-state index < -0.39 is 11.6 Å². The monoisotopic (exact) mass is 458 g/mol. The topological polar surface area (TPSA) is 42.0 Å². The van der Waals surface area contributed by atoms with Crippen molar-refractivity contribution in [1.82, 2.24) is 9.80 Å². The summed E-state index contributed by atoms with van der Waals surface area (Å²) in [6, 6.07) is 11.4. The molecule has 2 heterocycles. The molecule has 2 aromatic carbocycles. The number of carbonyl (C=O) groups excluding carboxylic acids is 1. The van der Waals surface area contributed by atoms with Gasteiger partial charge in [0.2, 0.25) is 0 Å². The van der Waals surface area contributed by atoms with Crippen LogP contribution < -0.4 is 4.74 Å². The van der Waals surface area contributed by atoms with Gasteiger partial charge in [0, 0.05) is 44.8 Å². The number of methoxy groups -OCH3 is 1. The smallest absolute Gasteiger partial charge is 0.254 e. The highest BCUT2D eigenvalue weighted by atomic mass is 19.2. The first kappa shape index (κ1) is 23.6. The number of ether oxygens (including phenoxy) is 2. The molecule has 0 radical (unpaired) electrons. The second-order valence-corrected chi connectivity index (χ2v) is 8.97. The average Bonchev–Trinajstić information content (AvgIpc) is 2.83. The van der Waals surface area contributed by atoms with Gasteiger partial charge in [-0.25, -0.2) is 8.78 Å². The Hall–Kier alpha value is -2.51. The largest absolute Gasteiger partial charge is 0.492 e. The molecule has 4 bridgehead atoms. The standard InChI is InChI=1S/C26H32F2N2O3/c1-32-25-10-12-30-18-21(25)5-2-3-11-29(17-19-8-9-23(27)24(28)15-19)13-14-33-22-7-4-6-20(16-22)26(30)31/h4,6-9,15-16,21,25H,2-3,5,10-14,17-18H2,1H3/t21-,25+/m0/s1. The summed E-state index contributed by atoms with van der Waals surface area (Å²) in [6.07, 6.45) is 3.97. The second-order valence-electron chi connectivity index (χ2n) is 8.97. The van der Waals surface area contributed by atoms with Crippen molar-refractivity contribution in [3.8, 4) is 5.75 Å². The van der Waals surface area contributed by atoms with Crippen molar-refractivity contribution in [2.75, 3.05) is 39.9 Å². The number of piperidine rings is 1. The minimum Gasteiger partial charge on any atom is -0.492 e. The lowest BCUT2D eigenvalue weighted by Crippen LogP contribution is -2.46. The van der Waals surface area contributed by atoms with Gasteiger partial charge in [0.25, 0.3) is 5.91 Å². The fourth-order valence-electron chi connectivity index (χ4n) is 4.88. The van der Waals surface area contributed by atoms with Crippen LogP contribution in [0.4, 0.5) is 8.78 Å². The van der Waals surface area contributed by atoms with E-state index in [2.05, 4.69) is 4.90 Å². The molecule has 1 fully saturated rings. The summed E-state index contributed by atoms with van der Waals surface area (Å²) < 4.78 is 38.7. The van der Waals surface area contributed by atoms with Gasteiger partial charge < -0.3 is 14.4 Å². The first-order chi connectivity index (χ1) is 16.0. The lowest BCUT2D eigenvalue weighted by atomic mass is 9.89. The van der Waals surface area contributed by atoms with Gasteiger partial charge >= 0.3 is 0 Å². The molecular formula is C26H32F2N2O3. The maximum absolute atomic E-state index is 13.7. The quantitative estimate of drug-likeness (QED) is 0.679. The van der Waals surface area contributed by atoms with Crippen molar-refractivity contribution in [2.24, 2.45) is 5.92 Å². The second kappa shape index (κ2) is 11.1. The molecule has 178 valence electrons. The zero-order chi connectivity index (χ0) is 23.2. The Morgan fingerprint density at radius 1 is 1.03 bits per heavy atom. The number of nitrogens with zero attached hydrogens (tertiary/aromatic N) is 2. The first-order valence-electron chi connectivity index (χ1n) is 11.7. The highest BCUT2D eigenvalue weighted by molar-refractivity contribution is 5.94. The molecule has 1 saturated heterocycles. The van der Waals surface area contributed by atoms with Crippen molar-refractivity contribution in [3.63, 3.8) is 0 Å². The van der Waals surface area contributed by atoms with Crippen LogP contribution in [0.2, 0.25) is 0 Å². The number of halogens is 2. The molecule has 7 heteroatoms. The maximum Gasteiger partial charge on any atom is 0.254 e. The molecule has 2 atom stereocenters. The van der Waals surface area contributed by atoms with Crippen LogP contribution in [0.5, 0.6) is 5.75 Å². The van der Waals surface area contributed by atoms with E-state index in [9.17, 15) is 13.6 Å². The summed E-state index contributed by atoms with van der Waals surface area (Å²) in [5, 5.41) is 0. The van der Waals surface area contributed by atoms with Crippen LogP contribution in [-0.4, -0.2) is 61.7 Å². The van der Waals surface area contributed by atoms with Crippen LogP contribution >= 0.6 is 0 Å². The zero-order valence-electron chi connectivity index (χ0n) is 19.1. The number of hydrogen-bond acceptors (Lipinski definition) is 4. The van der Waals surface area contributed by atoms with E-state index in [1.165, 1.54) is 12.1 Å². The zero-order valence-corrected chi connectivity index (χ0v) is 19.1. The van der Waals surface area contributed by atoms with E-state index >= 15 is 0 Å². The normalized spacial score (nSPS) is 22.9. The lowest BCUT2D eigenvalue weighted by Gasteiger charge is -2.38. The van der Waals surface area contributed by atoms with Crippen molar-refractivity contribution < 1.29 is 23.0 Å². The van der Waals surface area contributed by atoms with Gasteiger partial charge in [-0.3, -0.25) is 9.69 Å². The van der Waals surface area contributed by atoms with E-state index in [1.54, 1.807) is 19.2 Å². The number of rotatable bonds is 3. The molecule has 2 aromatic rings. The predicted molar refractivity (Wildman–Crippen MR) is 122 cm³/mol. The van der Waals surface area contributed by atoms with Crippen LogP contribution in [-0.2, 0) is 11.3 Å². The Bertz CT molecular complexity index is 955. The molecule has 0 aliphatic carbocycles. The first-order valence-corrected chi connectivity index (χ1v) is 11.7. The Labute approximate surface area is 194 Å². The molecule has 5 nitrogen and oxygen atoms in total. The fraction of sp³-hybridized carbons (Fsp3) is 0.500. The van der Waals surface area contributed by atoms with Crippen LogP contribution in [0.3, 0.4) is 0 Å². The minimum absolute atomic E-state index is 0.0369. The summed E-state index contributed by atoms with van der Waals surface area (Å²) in [7, 11) is 1.75. The average molecular weight is 459 g/mol. The molecule has 0 spiro atoms. The van der Waals surface area contributed by atoms with Crippen molar-refractivity contribution >= 4 is 5.91 Å². The maximum atomic E-state index is 13.7. The molecule has 0 saturated carbocycles. The van der Waals surface area contributed by atoms with Gasteiger partial charge in [-0.05, 0) is 61.7 Å². The van der Waals surface area contributed by atoms with E-state index in [-0.39, 0.29) is 12.0 Å². The van der Waals surface area contributed by atoms with Crippen molar-refractivity contribution in [3.05, 3.63) is 65.2 Å². The number of benzene rings is 2. The number of carbonyl (C=O) groups is 1. The highest BCUT2D eigenvalue weighted by Gasteiger charge is 2.31. The van der Waals surface area contributed by atoms with E-state index in [0.717, 1.165) is 37.8 Å². The molecule has 2 aliphatic rings. The molecule has 0 unspecified atom stereocenters. The summed E-state index contributed by atoms with van der Waals surface area (Å²) in [4.78, 5) is 17.3. The molecule has 2 aliphatic heterocycles. The molecule has 1 amide bonds. The van der Waals surface area contributed by atoms with Gasteiger partial charge in [0.15, 0.2) is 11.6 Å². The molecule has 33 heavy (non-hydrogen) atoms. The third kappa shape index (κ3) is 6.09. The Balaban J connectivity index is 1.50. The molecule has 4 rings (SSSR count). The Morgan fingerprint density at radius 3 is 2.73 bits per heavy atom. The summed E-state index contributed by atoms with van der Waals surface area (Å²) in [5.74, 6) is -0.655. The Morgan fingerprint density at radius 2 is 1.91 bits per heavy atom. The molecular weight excluding hydrogens is 426 g/mol. The fourth-order valence-corrected chi connectivity index (χ4v) is 4.88. The van der Waals surface area contributed by atoms with Crippen LogP contribution in [0, 0.1) is 17.6 Å². The van der Waals surface area contributed by atoms with Crippen LogP contribution in [0.1, 0.15) is 41.6 Å². The summed E-state index contributed by atoms with van der Waals surface area (Å²) in [5.41, 5.74) is 1.37. The van der Waals surface area contributed by atoms with E-state index in [4.69, 9.17) is 9.47 Å². The summed E-state index contributed by atoms with van der Waals surface area (Å²) >= 11 is 0. The number of amides is 1. The van der Waals surface area contributed by atoms with Gasteiger partial charge in [-0.15, -0.1) is 0 Å². The summed E-state index contributed by atoms with van der Waals surface area (Å²) in [6.45, 7) is 3.83. The van der Waals surface area contributed by atoms with Gasteiger partial charge in [0.05, 0.1) is 6.10 Å². The SMILES string of the molecule is CO[C@@H]1CCN2C[C@@H]1CCCCN(Cc1ccc(F)c(F)c1)CCOc1cccc(c1)C2=O. The van der Waals surface area contributed by atoms with E-state index in [0.29, 0.717) is 50.0 Å². The molecule has 0 N–H and O–H groups in total. The van der Waals surface area contributed by atoms with Gasteiger partial charge in [0.1, 0.15) is 12.4 Å². The minimum atomic E-state index is -0.831. The number of hydrogen-bond donors (Lipinski definition) is 0. The Kier molecular flexibility index (Phi) is 7.93. The number of fused-ring (bicyclic) bond motifs is 4. The predicted octanol–water partition coefficient (Wildman–Crippen LogP) is 4.51. The third-order valence-electron chi connectivity index (χ3n) is 6.70. The molecule has 0 aromatic heterocycles. The van der Waals surface area contributed by atoms with Crippen molar-refractivity contribution in [1.29, 1.82) is 0 Å². The van der Waals surface area contributed by atoms with E-state index in [1.807, 2.05) is 23.1 Å². The lowest BCUT2D eigenvalue weighted by molar-refractivity contribution is -0.00676. The van der Waals surface area contributed by atoms with Crippen molar-refractivity contribution in [2.45, 2.75) is 38.3 Å². The van der Waals surface area contributed by atoms with Crippen LogP contribution in [0.25, 0.3) is 0 Å².